The summed E-state index contributed by atoms with van der Waals surface area (Å²) in [5.41, 5.74) is 1.15. The minimum Gasteiger partial charge on any atom is -0.353 e. The zero-order valence-corrected chi connectivity index (χ0v) is 16.3. The van der Waals surface area contributed by atoms with E-state index in [1.54, 1.807) is 12.1 Å². The molecule has 0 saturated carbocycles. The molecule has 2 heterocycles. The van der Waals surface area contributed by atoms with Crippen LogP contribution in [0, 0.1) is 24.0 Å². The number of nitrogens with one attached hydrogen (secondary N) is 2. The molecule has 12 heteroatoms. The highest BCUT2D eigenvalue weighted by Gasteiger charge is 2.22. The molecule has 12 nitrogen and oxygen atoms in total. The van der Waals surface area contributed by atoms with Crippen molar-refractivity contribution in [1.82, 2.24) is 30.6 Å². The predicted octanol–water partition coefficient (Wildman–Crippen LogP) is 1.00. The fourth-order valence-electron chi connectivity index (χ4n) is 2.77. The first-order chi connectivity index (χ1) is 14.4. The molecule has 30 heavy (non-hydrogen) atoms. The number of carbonyl (C=O) groups is 2. The molecular formula is C18H19N7O5. The second kappa shape index (κ2) is 8.94. The zero-order valence-electron chi connectivity index (χ0n) is 16.3. The van der Waals surface area contributed by atoms with Gasteiger partial charge in [0.2, 0.25) is 11.7 Å². The van der Waals surface area contributed by atoms with Gasteiger partial charge in [-0.1, -0.05) is 35.5 Å². The lowest BCUT2D eigenvalue weighted by Crippen LogP contribution is -2.36. The van der Waals surface area contributed by atoms with Crippen LogP contribution in [-0.2, 0) is 11.3 Å². The Bertz CT molecular complexity index is 1070. The van der Waals surface area contributed by atoms with E-state index >= 15 is 0 Å². The third-order valence-corrected chi connectivity index (χ3v) is 4.20. The lowest BCUT2D eigenvalue weighted by atomic mass is 10.2. The Balaban J connectivity index is 1.45. The highest BCUT2D eigenvalue weighted by molar-refractivity contribution is 5.89. The fraction of sp³-hybridized carbons (Fsp3) is 0.278. The molecule has 0 aliphatic heterocycles. The molecule has 3 aromatic rings. The van der Waals surface area contributed by atoms with Gasteiger partial charge < -0.3 is 15.2 Å². The zero-order chi connectivity index (χ0) is 21.7. The number of hydrogen-bond acceptors (Lipinski definition) is 8. The maximum Gasteiger partial charge on any atom is 0.316 e. The number of rotatable bonds is 8. The van der Waals surface area contributed by atoms with Gasteiger partial charge in [-0.2, -0.15) is 10.1 Å². The maximum atomic E-state index is 12.1. The first-order valence-electron chi connectivity index (χ1n) is 8.99. The van der Waals surface area contributed by atoms with E-state index in [0.29, 0.717) is 11.5 Å². The normalized spacial score (nSPS) is 10.6. The van der Waals surface area contributed by atoms with Crippen LogP contribution < -0.4 is 10.6 Å². The number of hydrogen-bond donors (Lipinski definition) is 2. The van der Waals surface area contributed by atoms with Gasteiger partial charge in [-0.15, -0.1) is 0 Å². The smallest absolute Gasteiger partial charge is 0.316 e. The monoisotopic (exact) mass is 413 g/mol. The Labute approximate surface area is 170 Å². The number of benzene rings is 1. The van der Waals surface area contributed by atoms with Crippen molar-refractivity contribution in [2.24, 2.45) is 0 Å². The number of nitrogens with zero attached hydrogens (tertiary/aromatic N) is 5. The van der Waals surface area contributed by atoms with E-state index in [0.717, 1.165) is 5.56 Å². The van der Waals surface area contributed by atoms with Gasteiger partial charge in [-0.3, -0.25) is 24.4 Å². The third-order valence-electron chi connectivity index (χ3n) is 4.20. The molecule has 0 saturated heterocycles. The van der Waals surface area contributed by atoms with Crippen molar-refractivity contribution < 1.29 is 19.0 Å². The molecule has 0 bridgehead atoms. The Morgan fingerprint density at radius 2 is 1.87 bits per heavy atom. The Kier molecular flexibility index (Phi) is 6.15. The SMILES string of the molecule is Cc1nn(CC(=O)NCCNC(=O)c2nc(-c3ccccc3)no2)c(C)c1[N+](=O)[O-]. The van der Waals surface area contributed by atoms with Gasteiger partial charge in [0.15, 0.2) is 0 Å². The summed E-state index contributed by atoms with van der Waals surface area (Å²) in [6.45, 7) is 3.14. The van der Waals surface area contributed by atoms with Crippen molar-refractivity contribution in [2.75, 3.05) is 13.1 Å². The second-order valence-corrected chi connectivity index (χ2v) is 6.33. The van der Waals surface area contributed by atoms with Crippen molar-refractivity contribution in [2.45, 2.75) is 20.4 Å². The van der Waals surface area contributed by atoms with Crippen LogP contribution >= 0.6 is 0 Å². The van der Waals surface area contributed by atoms with Gasteiger partial charge in [-0.05, 0) is 13.8 Å². The molecule has 3 rings (SSSR count). The summed E-state index contributed by atoms with van der Waals surface area (Å²) in [6, 6.07) is 9.07. The molecule has 2 aromatic heterocycles. The van der Waals surface area contributed by atoms with Crippen LogP contribution in [0.5, 0.6) is 0 Å². The Morgan fingerprint density at radius 3 is 2.53 bits per heavy atom. The lowest BCUT2D eigenvalue weighted by Gasteiger charge is -2.06. The standard InChI is InChI=1S/C18H19N7O5/c1-11-15(25(28)29)12(2)24(22-11)10-14(26)19-8-9-20-17(27)18-21-16(23-30-18)13-6-4-3-5-7-13/h3-7H,8-10H2,1-2H3,(H,19,26)(H,20,27). The van der Waals surface area contributed by atoms with Gasteiger partial charge in [-0.25, -0.2) is 0 Å². The number of amides is 2. The highest BCUT2D eigenvalue weighted by atomic mass is 16.6. The summed E-state index contributed by atoms with van der Waals surface area (Å²) in [7, 11) is 0. The number of aromatic nitrogens is 4. The molecule has 2 amide bonds. The molecular weight excluding hydrogens is 394 g/mol. The third kappa shape index (κ3) is 4.66. The minimum absolute atomic E-state index is 0.107. The minimum atomic E-state index is -0.562. The highest BCUT2D eigenvalue weighted by Crippen LogP contribution is 2.21. The van der Waals surface area contributed by atoms with Crippen LogP contribution in [0.1, 0.15) is 22.1 Å². The van der Waals surface area contributed by atoms with E-state index in [-0.39, 0.29) is 36.9 Å². The van der Waals surface area contributed by atoms with Crippen LogP contribution in [0.4, 0.5) is 5.69 Å². The van der Waals surface area contributed by atoms with Crippen LogP contribution in [0.2, 0.25) is 0 Å². The summed E-state index contributed by atoms with van der Waals surface area (Å²) in [5.74, 6) is -0.842. The van der Waals surface area contributed by atoms with Crippen LogP contribution in [-0.4, -0.2) is 49.7 Å². The topological polar surface area (TPSA) is 158 Å². The summed E-state index contributed by atoms with van der Waals surface area (Å²) >= 11 is 0. The second-order valence-electron chi connectivity index (χ2n) is 6.33. The van der Waals surface area contributed by atoms with E-state index in [9.17, 15) is 19.7 Å². The molecule has 1 aromatic carbocycles. The van der Waals surface area contributed by atoms with Crippen molar-refractivity contribution in [3.8, 4) is 11.4 Å². The first-order valence-corrected chi connectivity index (χ1v) is 8.99. The van der Waals surface area contributed by atoms with E-state index in [4.69, 9.17) is 4.52 Å². The molecule has 0 fully saturated rings. The van der Waals surface area contributed by atoms with Crippen molar-refractivity contribution in [1.29, 1.82) is 0 Å². The number of nitro groups is 1. The quantitative estimate of drug-likeness (QED) is 0.314. The van der Waals surface area contributed by atoms with Crippen molar-refractivity contribution in [3.63, 3.8) is 0 Å². The van der Waals surface area contributed by atoms with Crippen molar-refractivity contribution >= 4 is 17.5 Å². The summed E-state index contributed by atoms with van der Waals surface area (Å²) < 4.78 is 6.23. The molecule has 0 radical (unpaired) electrons. The average Bonchev–Trinajstić information content (AvgIpc) is 3.31. The van der Waals surface area contributed by atoms with Gasteiger partial charge >= 0.3 is 17.5 Å². The fourth-order valence-corrected chi connectivity index (χ4v) is 2.77. The van der Waals surface area contributed by atoms with Crippen LogP contribution in [0.3, 0.4) is 0 Å². The maximum absolute atomic E-state index is 12.1. The Morgan fingerprint density at radius 1 is 1.17 bits per heavy atom. The Hall–Kier alpha value is -4.09. The van der Waals surface area contributed by atoms with Gasteiger partial charge in [0.1, 0.15) is 17.9 Å². The van der Waals surface area contributed by atoms with E-state index < -0.39 is 16.7 Å². The first kappa shape index (κ1) is 20.6. The number of carbonyl (C=O) groups excluding carboxylic acids is 2. The summed E-state index contributed by atoms with van der Waals surface area (Å²) in [4.78, 5) is 38.6. The van der Waals surface area contributed by atoms with Gasteiger partial charge in [0, 0.05) is 18.7 Å². The lowest BCUT2D eigenvalue weighted by molar-refractivity contribution is -0.386. The molecule has 156 valence electrons. The van der Waals surface area contributed by atoms with Gasteiger partial charge in [0.05, 0.1) is 4.92 Å². The molecule has 0 aliphatic rings. The molecule has 0 atom stereocenters. The van der Waals surface area contributed by atoms with E-state index in [1.807, 2.05) is 18.2 Å². The average molecular weight is 413 g/mol. The largest absolute Gasteiger partial charge is 0.353 e. The molecule has 2 N–H and O–H groups in total. The van der Waals surface area contributed by atoms with Crippen molar-refractivity contribution in [3.05, 3.63) is 57.7 Å². The predicted molar refractivity (Wildman–Crippen MR) is 103 cm³/mol. The van der Waals surface area contributed by atoms with Gasteiger partial charge in [0.25, 0.3) is 0 Å². The molecule has 0 spiro atoms. The van der Waals surface area contributed by atoms with Crippen LogP contribution in [0.25, 0.3) is 11.4 Å². The van der Waals surface area contributed by atoms with E-state index in [2.05, 4.69) is 25.9 Å². The molecule has 0 aliphatic carbocycles. The van der Waals surface area contributed by atoms with E-state index in [1.165, 1.54) is 18.5 Å². The number of aryl methyl sites for hydroxylation is 1. The molecule has 0 unspecified atom stereocenters. The van der Waals surface area contributed by atoms with Crippen LogP contribution in [0.15, 0.2) is 34.9 Å². The summed E-state index contributed by atoms with van der Waals surface area (Å²) in [6.07, 6.45) is 0. The summed E-state index contributed by atoms with van der Waals surface area (Å²) in [5, 5.41) is 24.0.